The lowest BCUT2D eigenvalue weighted by atomic mass is 10.0. The highest BCUT2D eigenvalue weighted by atomic mass is 32.1. The first-order valence-electron chi connectivity index (χ1n) is 8.28. The van der Waals surface area contributed by atoms with Gasteiger partial charge in [-0.15, -0.1) is 11.3 Å². The molecule has 0 radical (unpaired) electrons. The molecule has 3 aromatic rings. The fraction of sp³-hybridized carbons (Fsp3) is 0.190. The summed E-state index contributed by atoms with van der Waals surface area (Å²) in [6, 6.07) is 19.1. The second-order valence-corrected chi connectivity index (χ2v) is 7.59. The molecule has 0 saturated carbocycles. The number of hydrogen-bond donors (Lipinski definition) is 2. The van der Waals surface area contributed by atoms with Gasteiger partial charge in [0.15, 0.2) is 5.11 Å². The number of thiophene rings is 1. The summed E-state index contributed by atoms with van der Waals surface area (Å²) < 4.78 is 0. The highest BCUT2D eigenvalue weighted by molar-refractivity contribution is 7.80. The average Bonchev–Trinajstić information content (AvgIpc) is 3.12. The van der Waals surface area contributed by atoms with Gasteiger partial charge in [0.05, 0.1) is 6.04 Å². The molecule has 0 aliphatic rings. The molecule has 0 unspecified atom stereocenters. The molecule has 2 N–H and O–H groups in total. The Bertz CT molecular complexity index is 852. The summed E-state index contributed by atoms with van der Waals surface area (Å²) in [7, 11) is 0. The maximum absolute atomic E-state index is 5.60. The van der Waals surface area contributed by atoms with Gasteiger partial charge < -0.3 is 10.6 Å². The average molecular weight is 367 g/mol. The van der Waals surface area contributed by atoms with E-state index in [1.165, 1.54) is 27.1 Å². The van der Waals surface area contributed by atoms with Crippen LogP contribution in [0.2, 0.25) is 0 Å². The van der Waals surface area contributed by atoms with E-state index in [1.807, 2.05) is 6.07 Å². The SMILES string of the molecule is Cc1ccc([C@H](NC(=S)Nc2cccc(C)c2C)c2cccs2)cc1. The topological polar surface area (TPSA) is 24.1 Å². The van der Waals surface area contributed by atoms with Gasteiger partial charge >= 0.3 is 0 Å². The third kappa shape index (κ3) is 4.27. The zero-order chi connectivity index (χ0) is 17.8. The lowest BCUT2D eigenvalue weighted by Crippen LogP contribution is -2.32. The van der Waals surface area contributed by atoms with Gasteiger partial charge in [0.25, 0.3) is 0 Å². The van der Waals surface area contributed by atoms with Crippen molar-refractivity contribution in [2.45, 2.75) is 26.8 Å². The smallest absolute Gasteiger partial charge is 0.171 e. The van der Waals surface area contributed by atoms with E-state index in [0.717, 1.165) is 5.69 Å². The van der Waals surface area contributed by atoms with Crippen LogP contribution in [0.4, 0.5) is 5.69 Å². The number of nitrogens with one attached hydrogen (secondary N) is 2. The van der Waals surface area contributed by atoms with Crippen LogP contribution in [-0.4, -0.2) is 5.11 Å². The summed E-state index contributed by atoms with van der Waals surface area (Å²) in [6.45, 7) is 6.32. The van der Waals surface area contributed by atoms with Crippen molar-refractivity contribution in [3.8, 4) is 0 Å². The molecule has 0 aliphatic carbocycles. The number of rotatable bonds is 4. The fourth-order valence-electron chi connectivity index (χ4n) is 2.71. The van der Waals surface area contributed by atoms with E-state index in [2.05, 4.69) is 85.3 Å². The highest BCUT2D eigenvalue weighted by Crippen LogP contribution is 2.27. The Morgan fingerprint density at radius 3 is 2.40 bits per heavy atom. The number of anilines is 1. The van der Waals surface area contributed by atoms with Crippen molar-refractivity contribution in [1.82, 2.24) is 5.32 Å². The predicted octanol–water partition coefficient (Wildman–Crippen LogP) is 5.75. The zero-order valence-electron chi connectivity index (χ0n) is 14.7. The van der Waals surface area contributed by atoms with E-state index < -0.39 is 0 Å². The maximum atomic E-state index is 5.60. The molecular formula is C21H22N2S2. The van der Waals surface area contributed by atoms with E-state index >= 15 is 0 Å². The molecule has 0 amide bonds. The molecule has 1 atom stereocenters. The van der Waals surface area contributed by atoms with Crippen molar-refractivity contribution >= 4 is 34.4 Å². The van der Waals surface area contributed by atoms with Crippen molar-refractivity contribution in [3.63, 3.8) is 0 Å². The molecular weight excluding hydrogens is 344 g/mol. The Balaban J connectivity index is 1.82. The van der Waals surface area contributed by atoms with E-state index in [0.29, 0.717) is 5.11 Å². The quantitative estimate of drug-likeness (QED) is 0.575. The summed E-state index contributed by atoms with van der Waals surface area (Å²) in [5, 5.41) is 9.56. The number of benzene rings is 2. The van der Waals surface area contributed by atoms with Crippen molar-refractivity contribution < 1.29 is 0 Å². The maximum Gasteiger partial charge on any atom is 0.171 e. The predicted molar refractivity (Wildman–Crippen MR) is 113 cm³/mol. The minimum absolute atomic E-state index is 0.0470. The summed E-state index contributed by atoms with van der Waals surface area (Å²) in [6.07, 6.45) is 0. The van der Waals surface area contributed by atoms with Gasteiger partial charge in [-0.3, -0.25) is 0 Å². The van der Waals surface area contributed by atoms with Crippen molar-refractivity contribution in [2.75, 3.05) is 5.32 Å². The molecule has 1 aromatic heterocycles. The molecule has 128 valence electrons. The van der Waals surface area contributed by atoms with Gasteiger partial charge in [-0.05, 0) is 67.2 Å². The molecule has 4 heteroatoms. The van der Waals surface area contributed by atoms with E-state index in [1.54, 1.807) is 11.3 Å². The Labute approximate surface area is 158 Å². The molecule has 2 nitrogen and oxygen atoms in total. The van der Waals surface area contributed by atoms with Crippen LogP contribution in [-0.2, 0) is 0 Å². The van der Waals surface area contributed by atoms with Crippen LogP contribution < -0.4 is 10.6 Å². The molecule has 2 aromatic carbocycles. The molecule has 0 fully saturated rings. The van der Waals surface area contributed by atoms with Gasteiger partial charge in [-0.25, -0.2) is 0 Å². The first kappa shape index (κ1) is 17.6. The van der Waals surface area contributed by atoms with E-state index in [4.69, 9.17) is 12.2 Å². The van der Waals surface area contributed by atoms with Gasteiger partial charge in [0.1, 0.15) is 0 Å². The number of aryl methyl sites for hydroxylation is 2. The standard InChI is InChI=1S/C21H22N2S2/c1-14-9-11-17(12-10-14)20(19-8-5-13-25-19)23-21(24)22-18-7-4-6-15(2)16(18)3/h4-13,20H,1-3H3,(H2,22,23,24)/t20-/m0/s1. The Kier molecular flexibility index (Phi) is 5.51. The fourth-order valence-corrected chi connectivity index (χ4v) is 3.74. The van der Waals surface area contributed by atoms with Crippen LogP contribution in [0, 0.1) is 20.8 Å². The number of thiocarbonyl (C=S) groups is 1. The Hall–Kier alpha value is -2.17. The molecule has 0 saturated heterocycles. The summed E-state index contributed by atoms with van der Waals surface area (Å²) >= 11 is 7.33. The van der Waals surface area contributed by atoms with E-state index in [9.17, 15) is 0 Å². The summed E-state index contributed by atoms with van der Waals surface area (Å²) in [5.74, 6) is 0. The molecule has 0 bridgehead atoms. The van der Waals surface area contributed by atoms with Crippen LogP contribution in [0.3, 0.4) is 0 Å². The Morgan fingerprint density at radius 2 is 1.72 bits per heavy atom. The van der Waals surface area contributed by atoms with Crippen molar-refractivity contribution in [2.24, 2.45) is 0 Å². The first-order chi connectivity index (χ1) is 12.0. The summed E-state index contributed by atoms with van der Waals surface area (Å²) in [5.41, 5.74) is 5.98. The minimum atomic E-state index is 0.0470. The lowest BCUT2D eigenvalue weighted by molar-refractivity contribution is 0.784. The van der Waals surface area contributed by atoms with Gasteiger partial charge in [-0.1, -0.05) is 48.0 Å². The zero-order valence-corrected chi connectivity index (χ0v) is 16.3. The van der Waals surface area contributed by atoms with Crippen LogP contribution >= 0.6 is 23.6 Å². The first-order valence-corrected chi connectivity index (χ1v) is 9.57. The highest BCUT2D eigenvalue weighted by Gasteiger charge is 2.16. The molecule has 25 heavy (non-hydrogen) atoms. The van der Waals surface area contributed by atoms with Crippen LogP contribution in [0.25, 0.3) is 0 Å². The normalized spacial score (nSPS) is 11.8. The van der Waals surface area contributed by atoms with E-state index in [-0.39, 0.29) is 6.04 Å². The second kappa shape index (κ2) is 7.81. The van der Waals surface area contributed by atoms with Crippen molar-refractivity contribution in [3.05, 3.63) is 87.1 Å². The van der Waals surface area contributed by atoms with Crippen molar-refractivity contribution in [1.29, 1.82) is 0 Å². The number of hydrogen-bond acceptors (Lipinski definition) is 2. The van der Waals surface area contributed by atoms with Crippen LogP contribution in [0.1, 0.15) is 33.2 Å². The molecule has 3 rings (SSSR count). The lowest BCUT2D eigenvalue weighted by Gasteiger charge is -2.21. The van der Waals surface area contributed by atoms with Gasteiger partial charge in [-0.2, -0.15) is 0 Å². The second-order valence-electron chi connectivity index (χ2n) is 6.21. The third-order valence-corrected chi connectivity index (χ3v) is 5.52. The van der Waals surface area contributed by atoms with Crippen LogP contribution in [0.15, 0.2) is 60.0 Å². The minimum Gasteiger partial charge on any atom is -0.351 e. The molecule has 1 heterocycles. The van der Waals surface area contributed by atoms with Gasteiger partial charge in [0, 0.05) is 10.6 Å². The van der Waals surface area contributed by atoms with Crippen LogP contribution in [0.5, 0.6) is 0 Å². The largest absolute Gasteiger partial charge is 0.351 e. The third-order valence-electron chi connectivity index (χ3n) is 4.37. The Morgan fingerprint density at radius 1 is 0.960 bits per heavy atom. The summed E-state index contributed by atoms with van der Waals surface area (Å²) in [4.78, 5) is 1.24. The molecule has 0 aliphatic heterocycles. The van der Waals surface area contributed by atoms with Gasteiger partial charge in [0.2, 0.25) is 0 Å². The monoisotopic (exact) mass is 366 g/mol. The molecule has 0 spiro atoms.